The summed E-state index contributed by atoms with van der Waals surface area (Å²) in [5, 5.41) is 7.42. The molecular formula is C20H15ClN4O3. The molecule has 3 amide bonds. The van der Waals surface area contributed by atoms with Gasteiger partial charge in [-0.1, -0.05) is 41.0 Å². The fraction of sp³-hybridized carbons (Fsp3) is 0.200. The molecule has 3 aromatic rings. The van der Waals surface area contributed by atoms with Gasteiger partial charge in [-0.2, -0.15) is 4.98 Å². The third kappa shape index (κ3) is 2.51. The number of nitrogens with one attached hydrogen (secondary N) is 1. The molecule has 1 aliphatic heterocycles. The van der Waals surface area contributed by atoms with E-state index in [1.165, 1.54) is 0 Å². The average Bonchev–Trinajstić information content (AvgIpc) is 3.37. The van der Waals surface area contributed by atoms with E-state index < -0.39 is 11.6 Å². The van der Waals surface area contributed by atoms with E-state index in [0.29, 0.717) is 17.3 Å². The minimum absolute atomic E-state index is 0.0742. The van der Waals surface area contributed by atoms with Crippen LogP contribution in [0.4, 0.5) is 4.79 Å². The Morgan fingerprint density at radius 2 is 1.93 bits per heavy atom. The molecule has 0 unspecified atom stereocenters. The van der Waals surface area contributed by atoms with Gasteiger partial charge in [0.25, 0.3) is 5.91 Å². The summed E-state index contributed by atoms with van der Waals surface area (Å²) in [4.78, 5) is 31.2. The maximum atomic E-state index is 13.2. The van der Waals surface area contributed by atoms with Gasteiger partial charge in [0.1, 0.15) is 12.1 Å². The molecule has 0 saturated carbocycles. The first kappa shape index (κ1) is 16.9. The standard InChI is InChI=1S/C20H15ClN4O3/c21-14-7-5-13(6-8-14)17-22-16(28-24-17)11-25-18(26)20(23-19(25)27)10-9-12-3-1-2-4-15(12)20/h1-8H,9-11H2,(H,23,27)/t20-/m0/s1. The first-order valence-electron chi connectivity index (χ1n) is 8.88. The van der Waals surface area contributed by atoms with Crippen LogP contribution in [0.2, 0.25) is 5.02 Å². The molecule has 2 aromatic carbocycles. The first-order valence-corrected chi connectivity index (χ1v) is 9.26. The Morgan fingerprint density at radius 3 is 2.75 bits per heavy atom. The van der Waals surface area contributed by atoms with E-state index in [-0.39, 0.29) is 18.3 Å². The van der Waals surface area contributed by atoms with Crippen molar-refractivity contribution < 1.29 is 14.1 Å². The fourth-order valence-electron chi connectivity index (χ4n) is 3.90. The van der Waals surface area contributed by atoms with Crippen LogP contribution in [0, 0.1) is 0 Å². The number of benzene rings is 2. The Balaban J connectivity index is 1.40. The smallest absolute Gasteiger partial charge is 0.325 e. The van der Waals surface area contributed by atoms with E-state index in [2.05, 4.69) is 15.5 Å². The Hall–Kier alpha value is -3.19. The van der Waals surface area contributed by atoms with Crippen LogP contribution in [0.5, 0.6) is 0 Å². The number of halogens is 1. The van der Waals surface area contributed by atoms with Crippen molar-refractivity contribution in [2.75, 3.05) is 0 Å². The molecule has 8 heteroatoms. The summed E-state index contributed by atoms with van der Waals surface area (Å²) in [6.07, 6.45) is 1.30. The largest absolute Gasteiger partial charge is 0.337 e. The van der Waals surface area contributed by atoms with Gasteiger partial charge in [0, 0.05) is 10.6 Å². The highest BCUT2D eigenvalue weighted by Crippen LogP contribution is 2.41. The molecule has 1 atom stereocenters. The Kier molecular flexibility index (Phi) is 3.73. The number of aromatic nitrogens is 2. The van der Waals surface area contributed by atoms with Gasteiger partial charge >= 0.3 is 6.03 Å². The summed E-state index contributed by atoms with van der Waals surface area (Å²) >= 11 is 5.89. The van der Waals surface area contributed by atoms with Crippen molar-refractivity contribution in [1.29, 1.82) is 0 Å². The normalized spacial score (nSPS) is 20.7. The van der Waals surface area contributed by atoms with E-state index >= 15 is 0 Å². The highest BCUT2D eigenvalue weighted by atomic mass is 35.5. The van der Waals surface area contributed by atoms with Crippen LogP contribution in [-0.4, -0.2) is 27.0 Å². The molecule has 2 aliphatic rings. The topological polar surface area (TPSA) is 88.3 Å². The van der Waals surface area contributed by atoms with Crippen LogP contribution >= 0.6 is 11.6 Å². The third-order valence-electron chi connectivity index (χ3n) is 5.29. The number of amides is 3. The summed E-state index contributed by atoms with van der Waals surface area (Å²) in [7, 11) is 0. The van der Waals surface area contributed by atoms with Crippen molar-refractivity contribution in [3.8, 4) is 11.4 Å². The quantitative estimate of drug-likeness (QED) is 0.688. The van der Waals surface area contributed by atoms with E-state index in [9.17, 15) is 9.59 Å². The molecule has 7 nitrogen and oxygen atoms in total. The average molecular weight is 395 g/mol. The summed E-state index contributed by atoms with van der Waals surface area (Å²) in [5.74, 6) is 0.283. The van der Waals surface area contributed by atoms with E-state index in [1.54, 1.807) is 24.3 Å². The van der Waals surface area contributed by atoms with Gasteiger partial charge in [0.2, 0.25) is 11.7 Å². The Bertz CT molecular complexity index is 1090. The predicted octanol–water partition coefficient (Wildman–Crippen LogP) is 3.28. The zero-order valence-corrected chi connectivity index (χ0v) is 15.4. The van der Waals surface area contributed by atoms with E-state index in [0.717, 1.165) is 28.0 Å². The first-order chi connectivity index (χ1) is 13.6. The highest BCUT2D eigenvalue weighted by molar-refractivity contribution is 6.30. The number of nitrogens with zero attached hydrogens (tertiary/aromatic N) is 3. The predicted molar refractivity (Wildman–Crippen MR) is 100 cm³/mol. The SMILES string of the molecule is O=C1N[C@]2(CCc3ccccc32)C(=O)N1Cc1nc(-c2ccc(Cl)cc2)no1. The van der Waals surface area contributed by atoms with Crippen molar-refractivity contribution in [3.63, 3.8) is 0 Å². The van der Waals surface area contributed by atoms with Crippen molar-refractivity contribution in [2.24, 2.45) is 0 Å². The van der Waals surface area contributed by atoms with E-state index in [4.69, 9.17) is 16.1 Å². The minimum atomic E-state index is -0.993. The fourth-order valence-corrected chi connectivity index (χ4v) is 4.03. The summed E-state index contributed by atoms with van der Waals surface area (Å²) in [5.41, 5.74) is 1.69. The molecule has 1 aromatic heterocycles. The Morgan fingerprint density at radius 1 is 1.14 bits per heavy atom. The number of imide groups is 1. The number of hydrogen-bond acceptors (Lipinski definition) is 5. The number of fused-ring (bicyclic) bond motifs is 2. The van der Waals surface area contributed by atoms with Gasteiger partial charge in [0.05, 0.1) is 0 Å². The molecule has 1 aliphatic carbocycles. The molecular weight excluding hydrogens is 380 g/mol. The lowest BCUT2D eigenvalue weighted by molar-refractivity contribution is -0.132. The number of carbonyl (C=O) groups excluding carboxylic acids is 2. The second-order valence-corrected chi connectivity index (χ2v) is 7.34. The van der Waals surface area contributed by atoms with Gasteiger partial charge in [-0.3, -0.25) is 9.69 Å². The number of carbonyl (C=O) groups is 2. The molecule has 2 heterocycles. The number of hydrogen-bond donors (Lipinski definition) is 1. The zero-order valence-electron chi connectivity index (χ0n) is 14.7. The highest BCUT2D eigenvalue weighted by Gasteiger charge is 2.55. The maximum Gasteiger partial charge on any atom is 0.325 e. The summed E-state index contributed by atoms with van der Waals surface area (Å²) in [6.45, 7) is -0.0742. The van der Waals surface area contributed by atoms with Gasteiger partial charge in [-0.05, 0) is 48.2 Å². The lowest BCUT2D eigenvalue weighted by Gasteiger charge is -2.21. The third-order valence-corrected chi connectivity index (χ3v) is 5.54. The van der Waals surface area contributed by atoms with Crippen molar-refractivity contribution >= 4 is 23.5 Å². The monoisotopic (exact) mass is 394 g/mol. The molecule has 0 radical (unpaired) electrons. The lowest BCUT2D eigenvalue weighted by atomic mass is 9.92. The Labute approximate surface area is 165 Å². The minimum Gasteiger partial charge on any atom is -0.337 e. The van der Waals surface area contributed by atoms with Crippen LogP contribution in [-0.2, 0) is 23.3 Å². The second kappa shape index (κ2) is 6.17. The van der Waals surface area contributed by atoms with Crippen molar-refractivity contribution in [1.82, 2.24) is 20.4 Å². The number of rotatable bonds is 3. The molecule has 28 heavy (non-hydrogen) atoms. The van der Waals surface area contributed by atoms with Gasteiger partial charge < -0.3 is 9.84 Å². The molecule has 5 rings (SSSR count). The van der Waals surface area contributed by atoms with Crippen LogP contribution in [0.3, 0.4) is 0 Å². The summed E-state index contributed by atoms with van der Waals surface area (Å²) < 4.78 is 5.26. The second-order valence-electron chi connectivity index (χ2n) is 6.90. The van der Waals surface area contributed by atoms with Gasteiger partial charge in [0.15, 0.2) is 0 Å². The maximum absolute atomic E-state index is 13.2. The van der Waals surface area contributed by atoms with Crippen LogP contribution < -0.4 is 5.32 Å². The molecule has 1 fully saturated rings. The van der Waals surface area contributed by atoms with Gasteiger partial charge in [-0.25, -0.2) is 4.79 Å². The van der Waals surface area contributed by atoms with E-state index in [1.807, 2.05) is 24.3 Å². The number of aryl methyl sites for hydroxylation is 1. The lowest BCUT2D eigenvalue weighted by Crippen LogP contribution is -2.41. The number of urea groups is 1. The van der Waals surface area contributed by atoms with Crippen molar-refractivity contribution in [3.05, 3.63) is 70.6 Å². The molecule has 1 saturated heterocycles. The van der Waals surface area contributed by atoms with Crippen LogP contribution in [0.25, 0.3) is 11.4 Å². The van der Waals surface area contributed by atoms with Gasteiger partial charge in [-0.15, -0.1) is 0 Å². The van der Waals surface area contributed by atoms with Crippen LogP contribution in [0.1, 0.15) is 23.4 Å². The molecule has 0 bridgehead atoms. The van der Waals surface area contributed by atoms with Crippen LogP contribution in [0.15, 0.2) is 53.1 Å². The summed E-state index contributed by atoms with van der Waals surface area (Å²) in [6, 6.07) is 14.3. The molecule has 1 N–H and O–H groups in total. The molecule has 1 spiro atoms. The van der Waals surface area contributed by atoms with Crippen molar-refractivity contribution in [2.45, 2.75) is 24.9 Å². The zero-order chi connectivity index (χ0) is 19.3. The molecule has 140 valence electrons.